The number of alkyl halides is 3. The number of pyridine rings is 1. The molecule has 0 radical (unpaired) electrons. The SMILES string of the molecule is CCNc1cc(NCc2cccnc2)nc(C(F)(F)F)n1. The van der Waals surface area contributed by atoms with Crippen molar-refractivity contribution in [2.24, 2.45) is 0 Å². The van der Waals surface area contributed by atoms with Crippen LogP contribution in [0.1, 0.15) is 18.3 Å². The van der Waals surface area contributed by atoms with Crippen molar-refractivity contribution < 1.29 is 13.2 Å². The van der Waals surface area contributed by atoms with Crippen molar-refractivity contribution in [1.82, 2.24) is 15.0 Å². The van der Waals surface area contributed by atoms with Crippen LogP contribution in [-0.2, 0) is 12.7 Å². The van der Waals surface area contributed by atoms with Crippen molar-refractivity contribution in [3.8, 4) is 0 Å². The van der Waals surface area contributed by atoms with Crippen LogP contribution < -0.4 is 10.6 Å². The van der Waals surface area contributed by atoms with Crippen LogP contribution in [0.5, 0.6) is 0 Å². The lowest BCUT2D eigenvalue weighted by molar-refractivity contribution is -0.144. The lowest BCUT2D eigenvalue weighted by Crippen LogP contribution is -2.15. The van der Waals surface area contributed by atoms with Gasteiger partial charge in [0.2, 0.25) is 5.82 Å². The molecule has 0 unspecified atom stereocenters. The Kier molecular flexibility index (Phi) is 4.56. The van der Waals surface area contributed by atoms with Crippen molar-refractivity contribution >= 4 is 11.6 Å². The highest BCUT2D eigenvalue weighted by molar-refractivity contribution is 5.48. The van der Waals surface area contributed by atoms with Gasteiger partial charge in [-0.3, -0.25) is 4.98 Å². The summed E-state index contributed by atoms with van der Waals surface area (Å²) in [5.41, 5.74) is 0.842. The summed E-state index contributed by atoms with van der Waals surface area (Å²) in [5, 5.41) is 5.60. The van der Waals surface area contributed by atoms with E-state index in [9.17, 15) is 13.2 Å². The van der Waals surface area contributed by atoms with E-state index >= 15 is 0 Å². The summed E-state index contributed by atoms with van der Waals surface area (Å²) in [5.74, 6) is -0.930. The molecular weight excluding hydrogens is 283 g/mol. The predicted octanol–water partition coefficient (Wildman–Crippen LogP) is 2.93. The molecule has 0 aromatic carbocycles. The summed E-state index contributed by atoms with van der Waals surface area (Å²) in [6, 6.07) is 5.01. The minimum Gasteiger partial charge on any atom is -0.370 e. The fourth-order valence-electron chi connectivity index (χ4n) is 1.63. The number of nitrogens with zero attached hydrogens (tertiary/aromatic N) is 3. The van der Waals surface area contributed by atoms with E-state index in [0.29, 0.717) is 13.1 Å². The van der Waals surface area contributed by atoms with Gasteiger partial charge in [-0.25, -0.2) is 9.97 Å². The van der Waals surface area contributed by atoms with E-state index in [1.54, 1.807) is 25.4 Å². The van der Waals surface area contributed by atoms with Gasteiger partial charge in [0.25, 0.3) is 0 Å². The minimum atomic E-state index is -4.59. The molecule has 0 amide bonds. The Morgan fingerprint density at radius 3 is 2.43 bits per heavy atom. The number of hydrogen-bond donors (Lipinski definition) is 2. The molecule has 0 aliphatic rings. The fourth-order valence-corrected chi connectivity index (χ4v) is 1.63. The van der Waals surface area contributed by atoms with Crippen LogP contribution in [0.3, 0.4) is 0 Å². The molecule has 0 aliphatic carbocycles. The van der Waals surface area contributed by atoms with Gasteiger partial charge in [-0.15, -0.1) is 0 Å². The Labute approximate surface area is 119 Å². The highest BCUT2D eigenvalue weighted by Gasteiger charge is 2.35. The number of rotatable bonds is 5. The number of hydrogen-bond acceptors (Lipinski definition) is 5. The van der Waals surface area contributed by atoms with E-state index in [0.717, 1.165) is 5.56 Å². The fraction of sp³-hybridized carbons (Fsp3) is 0.308. The van der Waals surface area contributed by atoms with E-state index in [1.165, 1.54) is 6.07 Å². The van der Waals surface area contributed by atoms with Crippen LogP contribution in [0.2, 0.25) is 0 Å². The third-order valence-electron chi connectivity index (χ3n) is 2.53. The number of aromatic nitrogens is 3. The normalized spacial score (nSPS) is 11.2. The summed E-state index contributed by atoms with van der Waals surface area (Å²) in [4.78, 5) is 10.9. The van der Waals surface area contributed by atoms with E-state index in [-0.39, 0.29) is 11.6 Å². The third kappa shape index (κ3) is 4.30. The van der Waals surface area contributed by atoms with Gasteiger partial charge in [0.1, 0.15) is 11.6 Å². The highest BCUT2D eigenvalue weighted by Crippen LogP contribution is 2.28. The van der Waals surface area contributed by atoms with E-state index in [4.69, 9.17) is 0 Å². The van der Waals surface area contributed by atoms with Crippen LogP contribution >= 0.6 is 0 Å². The highest BCUT2D eigenvalue weighted by atomic mass is 19.4. The quantitative estimate of drug-likeness (QED) is 0.888. The van der Waals surface area contributed by atoms with Gasteiger partial charge in [0.15, 0.2) is 0 Å². The second kappa shape index (κ2) is 6.38. The standard InChI is InChI=1S/C13H14F3N5/c1-2-18-10-6-11(21-12(20-10)13(14,15)16)19-8-9-4-3-5-17-7-9/h3-7H,2,8H2,1H3,(H2,18,19,20,21). The Hall–Kier alpha value is -2.38. The van der Waals surface area contributed by atoms with Crippen LogP contribution in [0.15, 0.2) is 30.6 Å². The smallest absolute Gasteiger partial charge is 0.370 e. The Balaban J connectivity index is 2.19. The molecule has 0 fully saturated rings. The second-order valence-corrected chi connectivity index (χ2v) is 4.20. The number of nitrogens with one attached hydrogen (secondary N) is 2. The zero-order chi connectivity index (χ0) is 15.3. The maximum atomic E-state index is 12.8. The summed E-state index contributed by atoms with van der Waals surface area (Å²) in [6.07, 6.45) is -1.33. The number of halogens is 3. The maximum absolute atomic E-state index is 12.8. The first kappa shape index (κ1) is 15.0. The van der Waals surface area contributed by atoms with Crippen LogP contribution in [0, 0.1) is 0 Å². The predicted molar refractivity (Wildman–Crippen MR) is 72.8 cm³/mol. The largest absolute Gasteiger partial charge is 0.451 e. The Morgan fingerprint density at radius 2 is 1.86 bits per heavy atom. The molecule has 2 heterocycles. The molecule has 112 valence electrons. The molecule has 21 heavy (non-hydrogen) atoms. The molecule has 2 aromatic heterocycles. The van der Waals surface area contributed by atoms with Gasteiger partial charge < -0.3 is 10.6 Å². The lowest BCUT2D eigenvalue weighted by atomic mass is 10.3. The summed E-state index contributed by atoms with van der Waals surface area (Å²) in [7, 11) is 0. The first-order chi connectivity index (χ1) is 9.99. The molecule has 0 saturated heterocycles. The van der Waals surface area contributed by atoms with Crippen LogP contribution in [-0.4, -0.2) is 21.5 Å². The topological polar surface area (TPSA) is 62.7 Å². The summed E-state index contributed by atoms with van der Waals surface area (Å²) in [6.45, 7) is 2.57. The average Bonchev–Trinajstić information content (AvgIpc) is 2.45. The number of anilines is 2. The van der Waals surface area contributed by atoms with Crippen molar-refractivity contribution in [2.45, 2.75) is 19.6 Å². The summed E-state index contributed by atoms with van der Waals surface area (Å²) >= 11 is 0. The van der Waals surface area contributed by atoms with E-state index in [2.05, 4.69) is 25.6 Å². The monoisotopic (exact) mass is 297 g/mol. The molecule has 2 rings (SSSR count). The molecule has 2 N–H and O–H groups in total. The van der Waals surface area contributed by atoms with Gasteiger partial charge in [-0.1, -0.05) is 6.07 Å². The summed E-state index contributed by atoms with van der Waals surface area (Å²) < 4.78 is 38.3. The molecule has 5 nitrogen and oxygen atoms in total. The molecule has 0 bridgehead atoms. The zero-order valence-corrected chi connectivity index (χ0v) is 11.3. The lowest BCUT2D eigenvalue weighted by Gasteiger charge is -2.12. The van der Waals surface area contributed by atoms with Gasteiger partial charge >= 0.3 is 6.18 Å². The van der Waals surface area contributed by atoms with E-state index in [1.807, 2.05) is 6.07 Å². The first-order valence-electron chi connectivity index (χ1n) is 6.32. The van der Waals surface area contributed by atoms with Crippen LogP contribution in [0.25, 0.3) is 0 Å². The minimum absolute atomic E-state index is 0.108. The van der Waals surface area contributed by atoms with Gasteiger partial charge in [-0.05, 0) is 18.6 Å². The second-order valence-electron chi connectivity index (χ2n) is 4.20. The Morgan fingerprint density at radius 1 is 1.14 bits per heavy atom. The Bertz CT molecular complexity index is 586. The zero-order valence-electron chi connectivity index (χ0n) is 11.3. The van der Waals surface area contributed by atoms with Crippen molar-refractivity contribution in [1.29, 1.82) is 0 Å². The van der Waals surface area contributed by atoms with Crippen LogP contribution in [0.4, 0.5) is 24.8 Å². The average molecular weight is 297 g/mol. The van der Waals surface area contributed by atoms with E-state index < -0.39 is 12.0 Å². The van der Waals surface area contributed by atoms with Gasteiger partial charge in [-0.2, -0.15) is 13.2 Å². The molecule has 0 aliphatic heterocycles. The van der Waals surface area contributed by atoms with Crippen molar-refractivity contribution in [3.63, 3.8) is 0 Å². The molecular formula is C13H14F3N5. The molecule has 0 saturated carbocycles. The van der Waals surface area contributed by atoms with Crippen molar-refractivity contribution in [2.75, 3.05) is 17.2 Å². The third-order valence-corrected chi connectivity index (χ3v) is 2.53. The van der Waals surface area contributed by atoms with Gasteiger partial charge in [0.05, 0.1) is 0 Å². The van der Waals surface area contributed by atoms with Gasteiger partial charge in [0, 0.05) is 31.5 Å². The molecule has 8 heteroatoms. The molecule has 0 atom stereocenters. The molecule has 2 aromatic rings. The molecule has 0 spiro atoms. The maximum Gasteiger partial charge on any atom is 0.451 e. The first-order valence-corrected chi connectivity index (χ1v) is 6.32. The van der Waals surface area contributed by atoms with Crippen molar-refractivity contribution in [3.05, 3.63) is 42.0 Å².